The van der Waals surface area contributed by atoms with Crippen LogP contribution in [0.2, 0.25) is 0 Å². The second kappa shape index (κ2) is 3.63. The number of pyridine rings is 1. The molecular formula is C12H16N4. The molecule has 0 spiro atoms. The summed E-state index contributed by atoms with van der Waals surface area (Å²) >= 11 is 0. The summed E-state index contributed by atoms with van der Waals surface area (Å²) in [6.07, 6.45) is 3.59. The van der Waals surface area contributed by atoms with Crippen LogP contribution in [0.3, 0.4) is 0 Å². The Hall–Kier alpha value is -1.84. The number of aromatic nitrogens is 3. The summed E-state index contributed by atoms with van der Waals surface area (Å²) in [4.78, 5) is 4.25. The van der Waals surface area contributed by atoms with E-state index >= 15 is 0 Å². The van der Waals surface area contributed by atoms with E-state index in [9.17, 15) is 0 Å². The van der Waals surface area contributed by atoms with Crippen LogP contribution in [-0.2, 0) is 5.54 Å². The quantitative estimate of drug-likeness (QED) is 0.795. The van der Waals surface area contributed by atoms with Gasteiger partial charge in [0, 0.05) is 12.4 Å². The standard InChI is InChI=1S/C12H16N4/c1-12(2,3)16-8-9(13)11(15-16)10-6-4-5-7-14-10/h4-8H,13H2,1-3H3. The van der Waals surface area contributed by atoms with Crippen molar-refractivity contribution in [1.82, 2.24) is 14.8 Å². The van der Waals surface area contributed by atoms with Gasteiger partial charge in [-0.25, -0.2) is 0 Å². The van der Waals surface area contributed by atoms with Crippen LogP contribution < -0.4 is 5.73 Å². The molecule has 0 saturated carbocycles. The summed E-state index contributed by atoms with van der Waals surface area (Å²) in [5, 5.41) is 4.48. The van der Waals surface area contributed by atoms with Gasteiger partial charge in [-0.15, -0.1) is 0 Å². The zero-order valence-corrected chi connectivity index (χ0v) is 9.81. The molecule has 0 aliphatic carbocycles. The molecule has 4 heteroatoms. The molecule has 0 aliphatic rings. The zero-order chi connectivity index (χ0) is 11.8. The van der Waals surface area contributed by atoms with Gasteiger partial charge < -0.3 is 5.73 Å². The molecule has 4 nitrogen and oxygen atoms in total. The van der Waals surface area contributed by atoms with E-state index in [1.807, 2.05) is 29.1 Å². The molecule has 0 saturated heterocycles. The number of anilines is 1. The van der Waals surface area contributed by atoms with Crippen molar-refractivity contribution in [2.45, 2.75) is 26.3 Å². The first-order valence-corrected chi connectivity index (χ1v) is 5.25. The van der Waals surface area contributed by atoms with Crippen LogP contribution in [0.5, 0.6) is 0 Å². The summed E-state index contributed by atoms with van der Waals surface area (Å²) in [6.45, 7) is 6.25. The van der Waals surface area contributed by atoms with Gasteiger partial charge in [0.2, 0.25) is 0 Å². The highest BCUT2D eigenvalue weighted by Crippen LogP contribution is 2.24. The van der Waals surface area contributed by atoms with Gasteiger partial charge in [-0.2, -0.15) is 5.10 Å². The van der Waals surface area contributed by atoms with E-state index in [0.29, 0.717) is 5.69 Å². The van der Waals surface area contributed by atoms with E-state index in [1.165, 1.54) is 0 Å². The van der Waals surface area contributed by atoms with Crippen molar-refractivity contribution in [2.24, 2.45) is 0 Å². The van der Waals surface area contributed by atoms with Gasteiger partial charge in [-0.3, -0.25) is 9.67 Å². The lowest BCUT2D eigenvalue weighted by Crippen LogP contribution is -2.22. The largest absolute Gasteiger partial charge is 0.396 e. The summed E-state index contributed by atoms with van der Waals surface area (Å²) in [5.41, 5.74) is 8.09. The molecule has 84 valence electrons. The molecule has 0 fully saturated rings. The maximum absolute atomic E-state index is 5.95. The lowest BCUT2D eigenvalue weighted by molar-refractivity contribution is 0.356. The lowest BCUT2D eigenvalue weighted by atomic mass is 10.1. The molecule has 2 N–H and O–H groups in total. The van der Waals surface area contributed by atoms with Crippen LogP contribution in [0, 0.1) is 0 Å². The van der Waals surface area contributed by atoms with Crippen molar-refractivity contribution in [2.75, 3.05) is 5.73 Å². The Morgan fingerprint density at radius 1 is 1.25 bits per heavy atom. The lowest BCUT2D eigenvalue weighted by Gasteiger charge is -2.18. The molecule has 0 amide bonds. The second-order valence-electron chi connectivity index (χ2n) is 4.76. The van der Waals surface area contributed by atoms with Crippen molar-refractivity contribution >= 4 is 5.69 Å². The topological polar surface area (TPSA) is 56.7 Å². The maximum Gasteiger partial charge on any atom is 0.134 e. The van der Waals surface area contributed by atoms with E-state index < -0.39 is 0 Å². The highest BCUT2D eigenvalue weighted by molar-refractivity contribution is 5.68. The predicted molar refractivity (Wildman–Crippen MR) is 64.9 cm³/mol. The van der Waals surface area contributed by atoms with E-state index in [4.69, 9.17) is 5.73 Å². The average molecular weight is 216 g/mol. The minimum absolute atomic E-state index is 0.0683. The monoisotopic (exact) mass is 216 g/mol. The Kier molecular flexibility index (Phi) is 2.42. The summed E-state index contributed by atoms with van der Waals surface area (Å²) < 4.78 is 1.87. The van der Waals surface area contributed by atoms with Crippen LogP contribution in [0.1, 0.15) is 20.8 Å². The van der Waals surface area contributed by atoms with Gasteiger partial charge in [0.05, 0.1) is 16.9 Å². The van der Waals surface area contributed by atoms with E-state index in [0.717, 1.165) is 11.4 Å². The van der Waals surface area contributed by atoms with Gasteiger partial charge in [0.25, 0.3) is 0 Å². The van der Waals surface area contributed by atoms with Crippen LogP contribution in [0.15, 0.2) is 30.6 Å². The fraction of sp³-hybridized carbons (Fsp3) is 0.333. The number of nitrogen functional groups attached to an aromatic ring is 1. The highest BCUT2D eigenvalue weighted by atomic mass is 15.3. The predicted octanol–water partition coefficient (Wildman–Crippen LogP) is 2.28. The SMILES string of the molecule is CC(C)(C)n1cc(N)c(-c2ccccn2)n1. The Labute approximate surface area is 95.1 Å². The fourth-order valence-corrected chi connectivity index (χ4v) is 1.43. The number of nitrogens with zero attached hydrogens (tertiary/aromatic N) is 3. The first kappa shape index (κ1) is 10.7. The third-order valence-electron chi connectivity index (χ3n) is 2.34. The molecule has 2 aromatic heterocycles. The Balaban J connectivity index is 2.48. The molecule has 0 unspecified atom stereocenters. The molecule has 2 heterocycles. The van der Waals surface area contributed by atoms with Crippen LogP contribution in [0.25, 0.3) is 11.4 Å². The maximum atomic E-state index is 5.95. The van der Waals surface area contributed by atoms with E-state index in [1.54, 1.807) is 6.20 Å². The van der Waals surface area contributed by atoms with Crippen molar-refractivity contribution in [3.8, 4) is 11.4 Å². The van der Waals surface area contributed by atoms with E-state index in [2.05, 4.69) is 30.9 Å². The van der Waals surface area contributed by atoms with Crippen molar-refractivity contribution in [1.29, 1.82) is 0 Å². The molecule has 2 aromatic rings. The molecule has 0 bridgehead atoms. The zero-order valence-electron chi connectivity index (χ0n) is 9.81. The molecule has 0 aliphatic heterocycles. The van der Waals surface area contributed by atoms with Gasteiger partial charge in [0.1, 0.15) is 5.69 Å². The van der Waals surface area contributed by atoms with Gasteiger partial charge >= 0.3 is 0 Å². The van der Waals surface area contributed by atoms with Gasteiger partial charge in [-0.05, 0) is 32.9 Å². The van der Waals surface area contributed by atoms with Crippen LogP contribution in [0.4, 0.5) is 5.69 Å². The molecular weight excluding hydrogens is 200 g/mol. The van der Waals surface area contributed by atoms with Crippen LogP contribution >= 0.6 is 0 Å². The minimum Gasteiger partial charge on any atom is -0.396 e. The molecule has 16 heavy (non-hydrogen) atoms. The highest BCUT2D eigenvalue weighted by Gasteiger charge is 2.17. The number of hydrogen-bond donors (Lipinski definition) is 1. The third-order valence-corrected chi connectivity index (χ3v) is 2.34. The fourth-order valence-electron chi connectivity index (χ4n) is 1.43. The Morgan fingerprint density at radius 3 is 2.50 bits per heavy atom. The van der Waals surface area contributed by atoms with Crippen molar-refractivity contribution < 1.29 is 0 Å². The first-order chi connectivity index (χ1) is 7.48. The first-order valence-electron chi connectivity index (χ1n) is 5.25. The average Bonchev–Trinajstić information content (AvgIpc) is 2.61. The second-order valence-corrected chi connectivity index (χ2v) is 4.76. The minimum atomic E-state index is -0.0683. The van der Waals surface area contributed by atoms with E-state index in [-0.39, 0.29) is 5.54 Å². The number of rotatable bonds is 1. The summed E-state index contributed by atoms with van der Waals surface area (Å²) in [5.74, 6) is 0. The third kappa shape index (κ3) is 1.91. The van der Waals surface area contributed by atoms with Crippen molar-refractivity contribution in [3.05, 3.63) is 30.6 Å². The Morgan fingerprint density at radius 2 is 2.00 bits per heavy atom. The molecule has 0 aromatic carbocycles. The van der Waals surface area contributed by atoms with Gasteiger partial charge in [0.15, 0.2) is 0 Å². The van der Waals surface area contributed by atoms with Crippen LogP contribution in [-0.4, -0.2) is 14.8 Å². The number of hydrogen-bond acceptors (Lipinski definition) is 3. The molecule has 0 radical (unpaired) electrons. The molecule has 0 atom stereocenters. The Bertz CT molecular complexity index is 479. The normalized spacial score (nSPS) is 11.7. The van der Waals surface area contributed by atoms with Crippen molar-refractivity contribution in [3.63, 3.8) is 0 Å². The summed E-state index contributed by atoms with van der Waals surface area (Å²) in [7, 11) is 0. The smallest absolute Gasteiger partial charge is 0.134 e. The summed E-state index contributed by atoms with van der Waals surface area (Å²) in [6, 6.07) is 5.71. The van der Waals surface area contributed by atoms with Gasteiger partial charge in [-0.1, -0.05) is 6.07 Å². The number of nitrogens with two attached hydrogens (primary N) is 1. The molecule has 2 rings (SSSR count).